The molecule has 1 N–H and O–H groups in total. The number of halogens is 1. The summed E-state index contributed by atoms with van der Waals surface area (Å²) in [6.45, 7) is 2.49. The summed E-state index contributed by atoms with van der Waals surface area (Å²) in [6.07, 6.45) is 0.803. The summed E-state index contributed by atoms with van der Waals surface area (Å²) in [6, 6.07) is 25.5. The van der Waals surface area contributed by atoms with Crippen molar-refractivity contribution in [2.45, 2.75) is 29.5 Å². The quantitative estimate of drug-likeness (QED) is 0.0605. The standard InChI is InChI=1S/C33H26FN3O4S2/c1-2-17-41-25-11-6-9-22(18-25)28-27(29(38)21-13-15-24(34)16-14-21)30(39)31(40)37(28)32-35-36-33(43-32)42-19-23-10-5-8-20-7-3-4-12-26(20)23/h3-16,18,28,38H,2,17,19H2,1H3. The van der Waals surface area contributed by atoms with E-state index in [0.29, 0.717) is 28.0 Å². The zero-order valence-electron chi connectivity index (χ0n) is 23.1. The van der Waals surface area contributed by atoms with Crippen LogP contribution in [0.15, 0.2) is 101 Å². The predicted molar refractivity (Wildman–Crippen MR) is 167 cm³/mol. The normalized spacial score (nSPS) is 16.2. The van der Waals surface area contributed by atoms with Crippen molar-refractivity contribution in [1.82, 2.24) is 10.2 Å². The highest BCUT2D eigenvalue weighted by Gasteiger charge is 2.48. The third-order valence-corrected chi connectivity index (χ3v) is 9.15. The van der Waals surface area contributed by atoms with E-state index in [9.17, 15) is 19.1 Å². The van der Waals surface area contributed by atoms with Crippen molar-refractivity contribution in [1.29, 1.82) is 0 Å². The fraction of sp³-hybridized carbons (Fsp3) is 0.152. The van der Waals surface area contributed by atoms with Crippen LogP contribution in [0.5, 0.6) is 5.75 Å². The Hall–Kier alpha value is -4.54. The van der Waals surface area contributed by atoms with Gasteiger partial charge in [-0.1, -0.05) is 84.6 Å². The van der Waals surface area contributed by atoms with Crippen LogP contribution < -0.4 is 9.64 Å². The van der Waals surface area contributed by atoms with Gasteiger partial charge < -0.3 is 9.84 Å². The van der Waals surface area contributed by atoms with Crippen molar-refractivity contribution in [3.05, 3.63) is 119 Å². The highest BCUT2D eigenvalue weighted by molar-refractivity contribution is 8.00. The number of Topliss-reactive ketones (excluding diaryl/α,β-unsaturated/α-hetero) is 1. The minimum atomic E-state index is -1.00. The smallest absolute Gasteiger partial charge is 0.301 e. The number of carbonyl (C=O) groups excluding carboxylic acids is 2. The number of fused-ring (bicyclic) bond motifs is 1. The minimum Gasteiger partial charge on any atom is -0.507 e. The van der Waals surface area contributed by atoms with Crippen LogP contribution in [-0.2, 0) is 15.3 Å². The van der Waals surface area contributed by atoms with E-state index in [0.717, 1.165) is 22.8 Å². The molecule has 10 heteroatoms. The molecule has 0 spiro atoms. The number of benzene rings is 4. The van der Waals surface area contributed by atoms with E-state index < -0.39 is 29.3 Å². The first-order valence-corrected chi connectivity index (χ1v) is 15.5. The van der Waals surface area contributed by atoms with E-state index in [1.807, 2.05) is 25.1 Å². The third kappa shape index (κ3) is 5.76. The van der Waals surface area contributed by atoms with Gasteiger partial charge in [-0.15, -0.1) is 10.2 Å². The van der Waals surface area contributed by atoms with Gasteiger partial charge in [-0.2, -0.15) is 0 Å². The van der Waals surface area contributed by atoms with E-state index in [4.69, 9.17) is 4.74 Å². The van der Waals surface area contributed by atoms with Crippen molar-refractivity contribution < 1.29 is 23.8 Å². The number of rotatable bonds is 9. The average Bonchev–Trinajstić information content (AvgIpc) is 3.60. The van der Waals surface area contributed by atoms with Crippen molar-refractivity contribution in [2.24, 2.45) is 0 Å². The first kappa shape index (κ1) is 28.6. The maximum Gasteiger partial charge on any atom is 0.301 e. The summed E-state index contributed by atoms with van der Waals surface area (Å²) in [5.74, 6) is -1.39. The van der Waals surface area contributed by atoms with Gasteiger partial charge in [-0.05, 0) is 64.7 Å². The van der Waals surface area contributed by atoms with E-state index in [1.165, 1.54) is 52.3 Å². The molecule has 0 aliphatic carbocycles. The average molecular weight is 612 g/mol. The topological polar surface area (TPSA) is 92.6 Å². The zero-order chi connectivity index (χ0) is 29.9. The van der Waals surface area contributed by atoms with Gasteiger partial charge in [0.2, 0.25) is 5.13 Å². The van der Waals surface area contributed by atoms with E-state index in [-0.39, 0.29) is 16.3 Å². The van der Waals surface area contributed by atoms with Gasteiger partial charge >= 0.3 is 5.91 Å². The number of aliphatic hydroxyl groups is 1. The van der Waals surface area contributed by atoms with Crippen LogP contribution >= 0.6 is 23.1 Å². The molecule has 216 valence electrons. The molecule has 1 aromatic heterocycles. The summed E-state index contributed by atoms with van der Waals surface area (Å²) in [7, 11) is 0. The van der Waals surface area contributed by atoms with E-state index >= 15 is 0 Å². The lowest BCUT2D eigenvalue weighted by Crippen LogP contribution is -2.29. The van der Waals surface area contributed by atoms with Gasteiger partial charge in [0.15, 0.2) is 4.34 Å². The molecule has 0 radical (unpaired) electrons. The predicted octanol–water partition coefficient (Wildman–Crippen LogP) is 7.54. The van der Waals surface area contributed by atoms with Crippen LogP contribution in [0, 0.1) is 5.82 Å². The summed E-state index contributed by atoms with van der Waals surface area (Å²) in [5.41, 5.74) is 1.79. The molecule has 1 aliphatic rings. The third-order valence-electron chi connectivity index (χ3n) is 7.04. The molecular formula is C33H26FN3O4S2. The number of thioether (sulfide) groups is 1. The van der Waals surface area contributed by atoms with Crippen LogP contribution in [0.25, 0.3) is 16.5 Å². The molecule has 6 rings (SSSR count). The largest absolute Gasteiger partial charge is 0.507 e. The SMILES string of the molecule is CCCOc1cccc(C2C(=C(O)c3ccc(F)cc3)C(=O)C(=O)N2c2nnc(SCc3cccc4ccccc34)s2)c1. The van der Waals surface area contributed by atoms with Gasteiger partial charge in [-0.25, -0.2) is 4.39 Å². The number of aliphatic hydroxyl groups excluding tert-OH is 1. The summed E-state index contributed by atoms with van der Waals surface area (Å²) in [5, 5.41) is 22.4. The first-order valence-electron chi connectivity index (χ1n) is 13.7. The lowest BCUT2D eigenvalue weighted by molar-refractivity contribution is -0.132. The molecule has 7 nitrogen and oxygen atoms in total. The molecule has 1 amide bonds. The number of ketones is 1. The molecule has 0 bridgehead atoms. The summed E-state index contributed by atoms with van der Waals surface area (Å²) < 4.78 is 20.1. The Morgan fingerprint density at radius 2 is 1.77 bits per heavy atom. The molecule has 5 aromatic rings. The number of anilines is 1. The fourth-order valence-electron chi connectivity index (χ4n) is 5.02. The van der Waals surface area contributed by atoms with E-state index in [1.54, 1.807) is 24.3 Å². The molecule has 4 aromatic carbocycles. The number of aromatic nitrogens is 2. The lowest BCUT2D eigenvalue weighted by Gasteiger charge is -2.23. The van der Waals surface area contributed by atoms with Crippen molar-refractivity contribution in [2.75, 3.05) is 11.5 Å². The van der Waals surface area contributed by atoms with Crippen molar-refractivity contribution in [3.8, 4) is 5.75 Å². The Kier molecular flexibility index (Phi) is 8.22. The Morgan fingerprint density at radius 3 is 2.58 bits per heavy atom. The number of hydrogen-bond donors (Lipinski definition) is 1. The zero-order valence-corrected chi connectivity index (χ0v) is 24.7. The Balaban J connectivity index is 1.37. The molecule has 1 unspecified atom stereocenters. The number of hydrogen-bond acceptors (Lipinski definition) is 8. The van der Waals surface area contributed by atoms with Crippen LogP contribution in [0.2, 0.25) is 0 Å². The molecule has 2 heterocycles. The Morgan fingerprint density at radius 1 is 1.00 bits per heavy atom. The van der Waals surface area contributed by atoms with Crippen LogP contribution in [0.1, 0.15) is 36.1 Å². The number of carbonyl (C=O) groups is 2. The number of ether oxygens (including phenoxy) is 1. The van der Waals surface area contributed by atoms with Gasteiger partial charge in [0, 0.05) is 11.3 Å². The van der Waals surface area contributed by atoms with E-state index in [2.05, 4.69) is 34.5 Å². The van der Waals surface area contributed by atoms with Gasteiger partial charge in [-0.3, -0.25) is 14.5 Å². The van der Waals surface area contributed by atoms with Crippen LogP contribution in [0.3, 0.4) is 0 Å². The van der Waals surface area contributed by atoms with Crippen molar-refractivity contribution >= 4 is 56.5 Å². The van der Waals surface area contributed by atoms with Gasteiger partial charge in [0.25, 0.3) is 5.78 Å². The summed E-state index contributed by atoms with van der Waals surface area (Å²) in [4.78, 5) is 28.3. The second-order valence-corrected chi connectivity index (χ2v) is 12.1. The number of nitrogens with zero attached hydrogens (tertiary/aromatic N) is 3. The maximum atomic E-state index is 13.6. The van der Waals surface area contributed by atoms with Gasteiger partial charge in [0.1, 0.15) is 17.3 Å². The summed E-state index contributed by atoms with van der Waals surface area (Å²) >= 11 is 2.69. The number of amides is 1. The monoisotopic (exact) mass is 611 g/mol. The highest BCUT2D eigenvalue weighted by atomic mass is 32.2. The lowest BCUT2D eigenvalue weighted by atomic mass is 9.95. The second-order valence-electron chi connectivity index (χ2n) is 9.87. The maximum absolute atomic E-state index is 13.6. The highest BCUT2D eigenvalue weighted by Crippen LogP contribution is 2.44. The molecular weight excluding hydrogens is 586 g/mol. The Bertz CT molecular complexity index is 1850. The molecule has 43 heavy (non-hydrogen) atoms. The van der Waals surface area contributed by atoms with Crippen molar-refractivity contribution in [3.63, 3.8) is 0 Å². The molecule has 1 atom stereocenters. The first-order chi connectivity index (χ1) is 20.9. The Labute approximate surface area is 255 Å². The van der Waals surface area contributed by atoms with Gasteiger partial charge in [0.05, 0.1) is 18.2 Å². The second kappa shape index (κ2) is 12.4. The molecule has 1 aliphatic heterocycles. The minimum absolute atomic E-state index is 0.121. The van der Waals surface area contributed by atoms with Crippen LogP contribution in [0.4, 0.5) is 9.52 Å². The fourth-order valence-corrected chi connectivity index (χ4v) is 6.89. The van der Waals surface area contributed by atoms with Crippen LogP contribution in [-0.4, -0.2) is 33.6 Å². The molecule has 1 fully saturated rings. The molecule has 1 saturated heterocycles. The molecule has 0 saturated carbocycles.